The third-order valence-electron chi connectivity index (χ3n) is 2.73. The monoisotopic (exact) mass is 281 g/mol. The molecule has 0 spiro atoms. The van der Waals surface area contributed by atoms with Crippen LogP contribution in [-0.2, 0) is 17.8 Å². The van der Waals surface area contributed by atoms with Crippen LogP contribution in [0.25, 0.3) is 11.5 Å². The Kier molecular flexibility index (Phi) is 3.16. The third kappa shape index (κ3) is 2.19. The van der Waals surface area contributed by atoms with Gasteiger partial charge in [0.15, 0.2) is 5.82 Å². The first-order valence-corrected chi connectivity index (χ1v) is 6.24. The average Bonchev–Trinajstić information content (AvgIpc) is 2.39. The Bertz CT molecular complexity index is 587. The lowest BCUT2D eigenvalue weighted by molar-refractivity contribution is 0.109. The molecule has 0 fully saturated rings. The molecule has 0 bridgehead atoms. The quantitative estimate of drug-likeness (QED) is 0.754. The van der Waals surface area contributed by atoms with E-state index in [9.17, 15) is 0 Å². The van der Waals surface area contributed by atoms with Crippen LogP contribution in [0.15, 0.2) is 18.3 Å². The molecule has 0 saturated heterocycles. The molecule has 0 saturated carbocycles. The van der Waals surface area contributed by atoms with E-state index < -0.39 is 0 Å². The Labute approximate surface area is 114 Å². The van der Waals surface area contributed by atoms with Crippen LogP contribution < -0.4 is 0 Å². The van der Waals surface area contributed by atoms with Gasteiger partial charge in [-0.25, -0.2) is 9.97 Å². The van der Waals surface area contributed by atoms with E-state index in [-0.39, 0.29) is 0 Å². The molecule has 0 radical (unpaired) electrons. The van der Waals surface area contributed by atoms with E-state index in [1.807, 2.05) is 0 Å². The minimum absolute atomic E-state index is 0.437. The Balaban J connectivity index is 2.08. The minimum Gasteiger partial charge on any atom is -0.376 e. The summed E-state index contributed by atoms with van der Waals surface area (Å²) in [6.07, 6.45) is 2.31. The predicted octanol–water partition coefficient (Wildman–Crippen LogP) is 2.92. The van der Waals surface area contributed by atoms with E-state index in [1.54, 1.807) is 18.3 Å². The molecule has 0 aromatic carbocycles. The number of aromatic nitrogens is 3. The topological polar surface area (TPSA) is 47.9 Å². The number of hydrogen-bond donors (Lipinski definition) is 0. The third-order valence-corrected chi connectivity index (χ3v) is 3.26. The predicted molar refractivity (Wildman–Crippen MR) is 68.6 cm³/mol. The molecule has 6 heteroatoms. The van der Waals surface area contributed by atoms with Gasteiger partial charge in [-0.2, -0.15) is 0 Å². The van der Waals surface area contributed by atoms with Crippen LogP contribution in [0.2, 0.25) is 10.2 Å². The van der Waals surface area contributed by atoms with Crippen LogP contribution >= 0.6 is 23.2 Å². The van der Waals surface area contributed by atoms with Gasteiger partial charge in [0.2, 0.25) is 0 Å². The molecule has 0 N–H and O–H groups in total. The molecule has 2 aromatic rings. The van der Waals surface area contributed by atoms with Gasteiger partial charge in [-0.05, 0) is 12.1 Å². The lowest BCUT2D eigenvalue weighted by Gasteiger charge is -2.16. The number of rotatable bonds is 1. The van der Waals surface area contributed by atoms with Crippen LogP contribution in [0, 0.1) is 0 Å². The Morgan fingerprint density at radius 3 is 2.83 bits per heavy atom. The van der Waals surface area contributed by atoms with Gasteiger partial charge in [0.1, 0.15) is 10.8 Å². The molecule has 1 aliphatic heterocycles. The summed E-state index contributed by atoms with van der Waals surface area (Å²) in [5.74, 6) is 0.525. The highest BCUT2D eigenvalue weighted by atomic mass is 35.5. The summed E-state index contributed by atoms with van der Waals surface area (Å²) < 4.78 is 5.34. The standard InChI is InChI=1S/C12H9Cl2N3O/c13-7-1-2-10(15-5-7)12-16-9-3-4-18-6-8(9)11(14)17-12/h1-2,5H,3-4,6H2. The van der Waals surface area contributed by atoms with Crippen molar-refractivity contribution >= 4 is 23.2 Å². The van der Waals surface area contributed by atoms with Crippen molar-refractivity contribution in [2.24, 2.45) is 0 Å². The second-order valence-electron chi connectivity index (χ2n) is 3.93. The summed E-state index contributed by atoms with van der Waals surface area (Å²) in [6.45, 7) is 1.14. The smallest absolute Gasteiger partial charge is 0.179 e. The largest absolute Gasteiger partial charge is 0.376 e. The zero-order chi connectivity index (χ0) is 12.5. The van der Waals surface area contributed by atoms with Crippen LogP contribution in [0.5, 0.6) is 0 Å². The van der Waals surface area contributed by atoms with Gasteiger partial charge in [-0.1, -0.05) is 23.2 Å². The molecule has 0 unspecified atom stereocenters. The fourth-order valence-electron chi connectivity index (χ4n) is 1.82. The number of halogens is 2. The van der Waals surface area contributed by atoms with Crippen molar-refractivity contribution in [1.82, 2.24) is 15.0 Å². The first-order valence-electron chi connectivity index (χ1n) is 5.49. The van der Waals surface area contributed by atoms with Crippen molar-refractivity contribution in [3.05, 3.63) is 39.8 Å². The summed E-state index contributed by atoms with van der Waals surface area (Å²) in [5, 5.41) is 1.02. The Morgan fingerprint density at radius 2 is 2.06 bits per heavy atom. The molecule has 0 aliphatic carbocycles. The second-order valence-corrected chi connectivity index (χ2v) is 4.72. The fourth-order valence-corrected chi connectivity index (χ4v) is 2.17. The van der Waals surface area contributed by atoms with Gasteiger partial charge >= 0.3 is 0 Å². The van der Waals surface area contributed by atoms with Gasteiger partial charge in [0.25, 0.3) is 0 Å². The molecule has 2 aromatic heterocycles. The van der Waals surface area contributed by atoms with Crippen LogP contribution in [0.4, 0.5) is 0 Å². The van der Waals surface area contributed by atoms with Gasteiger partial charge in [-0.3, -0.25) is 4.98 Å². The van der Waals surface area contributed by atoms with E-state index in [4.69, 9.17) is 27.9 Å². The molecule has 92 valence electrons. The van der Waals surface area contributed by atoms with Crippen molar-refractivity contribution in [2.45, 2.75) is 13.0 Å². The first kappa shape index (κ1) is 11.8. The van der Waals surface area contributed by atoms with Crippen molar-refractivity contribution in [3.8, 4) is 11.5 Å². The molecular formula is C12H9Cl2N3O. The maximum absolute atomic E-state index is 6.14. The van der Waals surface area contributed by atoms with E-state index in [0.717, 1.165) is 17.7 Å². The molecule has 1 aliphatic rings. The summed E-state index contributed by atoms with van der Waals surface area (Å²) in [6, 6.07) is 3.53. The minimum atomic E-state index is 0.437. The number of pyridine rings is 1. The highest BCUT2D eigenvalue weighted by Gasteiger charge is 2.18. The average molecular weight is 282 g/mol. The maximum atomic E-state index is 6.14. The van der Waals surface area contributed by atoms with Gasteiger partial charge in [0, 0.05) is 18.2 Å². The number of hydrogen-bond acceptors (Lipinski definition) is 4. The normalized spacial score (nSPS) is 14.3. The van der Waals surface area contributed by atoms with E-state index in [2.05, 4.69) is 15.0 Å². The summed E-state index contributed by atoms with van der Waals surface area (Å²) in [7, 11) is 0. The number of nitrogens with zero attached hydrogens (tertiary/aromatic N) is 3. The lowest BCUT2D eigenvalue weighted by Crippen LogP contribution is -2.14. The van der Waals surface area contributed by atoms with E-state index >= 15 is 0 Å². The van der Waals surface area contributed by atoms with Crippen LogP contribution in [-0.4, -0.2) is 21.6 Å². The van der Waals surface area contributed by atoms with Crippen LogP contribution in [0.1, 0.15) is 11.3 Å². The molecule has 0 atom stereocenters. The molecule has 4 nitrogen and oxygen atoms in total. The Hall–Kier alpha value is -1.23. The lowest BCUT2D eigenvalue weighted by atomic mass is 10.1. The highest BCUT2D eigenvalue weighted by Crippen LogP contribution is 2.25. The molecule has 18 heavy (non-hydrogen) atoms. The SMILES string of the molecule is Clc1ccc(-c2nc(Cl)c3c(n2)CCOC3)nc1. The summed E-state index contributed by atoms with van der Waals surface area (Å²) in [4.78, 5) is 12.9. The first-order chi connectivity index (χ1) is 8.74. The fraction of sp³-hybridized carbons (Fsp3) is 0.250. The van der Waals surface area contributed by atoms with Crippen molar-refractivity contribution in [2.75, 3.05) is 6.61 Å². The number of ether oxygens (including phenoxy) is 1. The summed E-state index contributed by atoms with van der Waals surface area (Å²) in [5.41, 5.74) is 2.48. The van der Waals surface area contributed by atoms with E-state index in [1.165, 1.54) is 0 Å². The van der Waals surface area contributed by atoms with Crippen LogP contribution in [0.3, 0.4) is 0 Å². The molecule has 3 rings (SSSR count). The summed E-state index contributed by atoms with van der Waals surface area (Å²) >= 11 is 11.9. The van der Waals surface area contributed by atoms with Gasteiger partial charge in [-0.15, -0.1) is 0 Å². The maximum Gasteiger partial charge on any atom is 0.179 e. The van der Waals surface area contributed by atoms with Crippen molar-refractivity contribution in [3.63, 3.8) is 0 Å². The van der Waals surface area contributed by atoms with Crippen molar-refractivity contribution < 1.29 is 4.74 Å². The Morgan fingerprint density at radius 1 is 1.17 bits per heavy atom. The van der Waals surface area contributed by atoms with Crippen molar-refractivity contribution in [1.29, 1.82) is 0 Å². The van der Waals surface area contributed by atoms with E-state index in [0.29, 0.717) is 34.9 Å². The zero-order valence-electron chi connectivity index (χ0n) is 9.36. The van der Waals surface area contributed by atoms with Gasteiger partial charge < -0.3 is 4.74 Å². The zero-order valence-corrected chi connectivity index (χ0v) is 10.9. The molecular weight excluding hydrogens is 273 g/mol. The van der Waals surface area contributed by atoms with Gasteiger partial charge in [0.05, 0.1) is 23.9 Å². The second kappa shape index (κ2) is 4.80. The molecule has 0 amide bonds. The number of fused-ring (bicyclic) bond motifs is 1. The molecule has 3 heterocycles. The highest BCUT2D eigenvalue weighted by molar-refractivity contribution is 6.30.